The van der Waals surface area contributed by atoms with E-state index in [1.54, 1.807) is 0 Å². The third-order valence-corrected chi connectivity index (χ3v) is 7.93. The Labute approximate surface area is 207 Å². The van der Waals surface area contributed by atoms with E-state index in [1.807, 2.05) is 0 Å². The van der Waals surface area contributed by atoms with Crippen LogP contribution in [0.2, 0.25) is 0 Å². The van der Waals surface area contributed by atoms with E-state index in [1.165, 1.54) is 0 Å². The van der Waals surface area contributed by atoms with E-state index in [9.17, 15) is 81.7 Å². The topological polar surface area (TPSA) is 342 Å². The van der Waals surface area contributed by atoms with Gasteiger partial charge in [-0.05, 0) is 6.92 Å². The van der Waals surface area contributed by atoms with Gasteiger partial charge < -0.3 is 91.2 Å². The molecule has 218 valence electrons. The van der Waals surface area contributed by atoms with Crippen LogP contribution in [0.3, 0.4) is 0 Å². The quantitative estimate of drug-likeness (QED) is 0.154. The maximum absolute atomic E-state index is 11.9. The maximum atomic E-state index is 11.9. The Morgan fingerprint density at radius 1 is 0.514 bits per heavy atom. The molecule has 2 heterocycles. The van der Waals surface area contributed by atoms with Gasteiger partial charge in [0.15, 0.2) is 11.2 Å². The minimum Gasteiger partial charge on any atom is -0.394 e. The highest BCUT2D eigenvalue weighted by Gasteiger charge is 2.88. The van der Waals surface area contributed by atoms with Gasteiger partial charge in [0, 0.05) is 0 Å². The van der Waals surface area contributed by atoms with Gasteiger partial charge in [-0.15, -0.1) is 0 Å². The molecule has 2 aliphatic heterocycles. The summed E-state index contributed by atoms with van der Waals surface area (Å²) in [7, 11) is 0. The number of hydrogen-bond donors (Lipinski definition) is 16. The second-order valence-electron chi connectivity index (χ2n) is 9.93. The van der Waals surface area contributed by atoms with Gasteiger partial charge in [-0.1, -0.05) is 0 Å². The monoisotopic (exact) mass is 550 g/mol. The fourth-order valence-corrected chi connectivity index (χ4v) is 5.59. The fraction of sp³-hybridized carbons (Fsp3) is 1.00. The third-order valence-electron chi connectivity index (χ3n) is 7.93. The van der Waals surface area contributed by atoms with Gasteiger partial charge in [-0.3, -0.25) is 0 Å². The van der Waals surface area contributed by atoms with Crippen molar-refractivity contribution in [2.75, 3.05) is 13.2 Å². The Balaban J connectivity index is 2.40. The summed E-state index contributed by atoms with van der Waals surface area (Å²) in [4.78, 5) is 0. The van der Waals surface area contributed by atoms with Crippen LogP contribution in [-0.4, -0.2) is 190 Å². The standard InChI is InChI=1S/C19H34O18/c1-15(31)11(27)10(26)12(28)16(32,17(33)13(29)8(24)6(22)4(2-20)36-17)19(15,35)18(34)14(30)9(25)7(23)5(3-21)37-18/h4-14,20-35H,2-3H2,1H3/t4-,5-,6+,7+,8+,9+,10+,11-,12-,13-,14-,15+,16+,17-,18+,19-/m1/s1. The van der Waals surface area contributed by atoms with E-state index < -0.39 is 109 Å². The molecule has 3 rings (SSSR count). The lowest BCUT2D eigenvalue weighted by molar-refractivity contribution is -0.520. The number of hydrogen-bond acceptors (Lipinski definition) is 18. The van der Waals surface area contributed by atoms with Crippen LogP contribution in [-0.2, 0) is 9.47 Å². The predicted octanol–water partition coefficient (Wildman–Crippen LogP) is -10.4. The molecule has 0 aromatic heterocycles. The Morgan fingerprint density at radius 3 is 1.30 bits per heavy atom. The molecular formula is C19H34O18. The molecule has 0 spiro atoms. The lowest BCUT2D eigenvalue weighted by Crippen LogP contribution is -2.97. The summed E-state index contributed by atoms with van der Waals surface area (Å²) in [5, 5.41) is 170. The maximum Gasteiger partial charge on any atom is 0.231 e. The number of aliphatic hydroxyl groups excluding tert-OH is 11. The summed E-state index contributed by atoms with van der Waals surface area (Å²) in [6.07, 6.45) is -28.6. The average Bonchev–Trinajstić information content (AvgIpc) is 2.86. The molecule has 16 N–H and O–H groups in total. The van der Waals surface area contributed by atoms with Gasteiger partial charge in [0.1, 0.15) is 72.7 Å². The van der Waals surface area contributed by atoms with E-state index in [2.05, 4.69) is 0 Å². The van der Waals surface area contributed by atoms with Crippen LogP contribution in [0.4, 0.5) is 0 Å². The molecule has 0 radical (unpaired) electrons. The number of rotatable bonds is 4. The Bertz CT molecular complexity index is 842. The summed E-state index contributed by atoms with van der Waals surface area (Å²) in [5.74, 6) is -8.25. The first-order chi connectivity index (χ1) is 16.8. The molecule has 1 saturated carbocycles. The fourth-order valence-electron chi connectivity index (χ4n) is 5.59. The first-order valence-corrected chi connectivity index (χ1v) is 11.1. The summed E-state index contributed by atoms with van der Waals surface area (Å²) < 4.78 is 9.90. The molecule has 37 heavy (non-hydrogen) atoms. The smallest absolute Gasteiger partial charge is 0.231 e. The highest BCUT2D eigenvalue weighted by molar-refractivity contribution is 5.33. The molecule has 18 nitrogen and oxygen atoms in total. The first kappa shape index (κ1) is 30.8. The van der Waals surface area contributed by atoms with Crippen molar-refractivity contribution >= 4 is 0 Å². The lowest BCUT2D eigenvalue weighted by atomic mass is 9.51. The zero-order chi connectivity index (χ0) is 28.7. The summed E-state index contributed by atoms with van der Waals surface area (Å²) in [6, 6.07) is 0. The van der Waals surface area contributed by atoms with Gasteiger partial charge in [0.05, 0.1) is 13.2 Å². The van der Waals surface area contributed by atoms with E-state index in [-0.39, 0.29) is 0 Å². The Kier molecular flexibility index (Phi) is 7.86. The second-order valence-corrected chi connectivity index (χ2v) is 9.93. The van der Waals surface area contributed by atoms with Crippen LogP contribution in [0, 0.1) is 0 Å². The van der Waals surface area contributed by atoms with Crippen molar-refractivity contribution in [1.82, 2.24) is 0 Å². The SMILES string of the molecule is C[C@]1(O)[C@H](O)[C@H](O)[C@@H](O)[C@](O)([C@]2(O)O[C@H](CO)[C@H](O)[C@H](O)[C@H]2O)[C@@]1(O)[C@@]1(O)O[C@H](CO)[C@H](O)[C@H](O)[C@H]1O. The first-order valence-electron chi connectivity index (χ1n) is 11.1. The van der Waals surface area contributed by atoms with Gasteiger partial charge >= 0.3 is 0 Å². The summed E-state index contributed by atoms with van der Waals surface area (Å²) in [6.45, 7) is -2.15. The van der Waals surface area contributed by atoms with Crippen molar-refractivity contribution in [2.24, 2.45) is 0 Å². The highest BCUT2D eigenvalue weighted by atomic mass is 16.7. The minimum atomic E-state index is -4.42. The number of aliphatic hydroxyl groups is 16. The minimum absolute atomic E-state index is 0.379. The van der Waals surface area contributed by atoms with Gasteiger partial charge in [0.25, 0.3) is 0 Å². The van der Waals surface area contributed by atoms with E-state index in [0.717, 1.165) is 0 Å². The molecule has 0 aromatic rings. The van der Waals surface area contributed by atoms with Gasteiger partial charge in [-0.2, -0.15) is 0 Å². The second kappa shape index (κ2) is 9.44. The molecule has 0 unspecified atom stereocenters. The van der Waals surface area contributed by atoms with Crippen molar-refractivity contribution in [3.05, 3.63) is 0 Å². The number of ether oxygens (including phenoxy) is 2. The van der Waals surface area contributed by atoms with Crippen molar-refractivity contribution < 1.29 is 91.2 Å². The molecule has 0 aromatic carbocycles. The molecule has 16 atom stereocenters. The van der Waals surface area contributed by atoms with Crippen molar-refractivity contribution in [3.63, 3.8) is 0 Å². The van der Waals surface area contributed by atoms with Crippen LogP contribution < -0.4 is 0 Å². The third kappa shape index (κ3) is 3.53. The predicted molar refractivity (Wildman–Crippen MR) is 108 cm³/mol. The van der Waals surface area contributed by atoms with Crippen LogP contribution in [0.1, 0.15) is 6.92 Å². The molecule has 3 aliphatic rings. The van der Waals surface area contributed by atoms with Gasteiger partial charge in [-0.25, -0.2) is 0 Å². The van der Waals surface area contributed by atoms with Crippen molar-refractivity contribution in [3.8, 4) is 0 Å². The Hall–Kier alpha value is -0.720. The van der Waals surface area contributed by atoms with E-state index >= 15 is 0 Å². The average molecular weight is 550 g/mol. The van der Waals surface area contributed by atoms with E-state index in [0.29, 0.717) is 6.92 Å². The molecule has 2 saturated heterocycles. The van der Waals surface area contributed by atoms with Crippen molar-refractivity contribution in [1.29, 1.82) is 0 Å². The van der Waals surface area contributed by atoms with E-state index in [4.69, 9.17) is 9.47 Å². The molecule has 1 aliphatic carbocycles. The molecule has 0 amide bonds. The largest absolute Gasteiger partial charge is 0.394 e. The zero-order valence-corrected chi connectivity index (χ0v) is 19.2. The van der Waals surface area contributed by atoms with Crippen LogP contribution in [0.5, 0.6) is 0 Å². The van der Waals surface area contributed by atoms with Crippen LogP contribution in [0.25, 0.3) is 0 Å². The molecule has 18 heteroatoms. The van der Waals surface area contributed by atoms with Gasteiger partial charge in [0.2, 0.25) is 11.6 Å². The highest BCUT2D eigenvalue weighted by Crippen LogP contribution is 2.58. The van der Waals surface area contributed by atoms with Crippen LogP contribution >= 0.6 is 0 Å². The normalized spacial score (nSPS) is 61.4. The van der Waals surface area contributed by atoms with Crippen LogP contribution in [0.15, 0.2) is 0 Å². The molecule has 3 fully saturated rings. The summed E-state index contributed by atoms with van der Waals surface area (Å²) >= 11 is 0. The lowest BCUT2D eigenvalue weighted by Gasteiger charge is -2.69. The zero-order valence-electron chi connectivity index (χ0n) is 19.2. The van der Waals surface area contributed by atoms with Crippen molar-refractivity contribution in [2.45, 2.75) is 102 Å². The molecule has 0 bridgehead atoms. The summed E-state index contributed by atoms with van der Waals surface area (Å²) in [5.41, 5.74) is -12.5. The Morgan fingerprint density at radius 2 is 0.892 bits per heavy atom. The molecular weight excluding hydrogens is 516 g/mol.